The lowest BCUT2D eigenvalue weighted by molar-refractivity contribution is -0.121. The van der Waals surface area contributed by atoms with Crippen LogP contribution in [-0.2, 0) is 9.53 Å². The van der Waals surface area contributed by atoms with Crippen LogP contribution >= 0.6 is 24.0 Å². The van der Waals surface area contributed by atoms with Crippen LogP contribution in [0.4, 0.5) is 4.79 Å². The van der Waals surface area contributed by atoms with Crippen LogP contribution in [0, 0.1) is 0 Å². The fourth-order valence-electron chi connectivity index (χ4n) is 3.50. The molecule has 0 atom stereocenters. The van der Waals surface area contributed by atoms with Gasteiger partial charge >= 0.3 is 6.09 Å². The Balaban J connectivity index is 0.00000364. The molecule has 1 saturated heterocycles. The van der Waals surface area contributed by atoms with E-state index in [9.17, 15) is 9.59 Å². The maximum atomic E-state index is 11.9. The average molecular weight is 495 g/mol. The van der Waals surface area contributed by atoms with Gasteiger partial charge in [-0.25, -0.2) is 4.79 Å². The fourth-order valence-corrected chi connectivity index (χ4v) is 3.50. The Kier molecular flexibility index (Phi) is 11.5. The molecule has 0 aromatic heterocycles. The molecular weight excluding hydrogens is 461 g/mol. The van der Waals surface area contributed by atoms with Gasteiger partial charge in [-0.2, -0.15) is 0 Å². The fraction of sp³-hybridized carbons (Fsp3) is 0.833. The van der Waals surface area contributed by atoms with Crippen LogP contribution in [-0.4, -0.2) is 61.2 Å². The summed E-state index contributed by atoms with van der Waals surface area (Å²) in [4.78, 5) is 29.6. The van der Waals surface area contributed by atoms with Crippen molar-refractivity contribution >= 4 is 41.9 Å². The third kappa shape index (κ3) is 8.98. The highest BCUT2D eigenvalue weighted by Gasteiger charge is 2.23. The van der Waals surface area contributed by atoms with E-state index in [0.717, 1.165) is 25.7 Å². The maximum Gasteiger partial charge on any atom is 0.409 e. The predicted octanol–water partition coefficient (Wildman–Crippen LogP) is 1.97. The van der Waals surface area contributed by atoms with Gasteiger partial charge in [-0.1, -0.05) is 19.3 Å². The summed E-state index contributed by atoms with van der Waals surface area (Å²) < 4.78 is 5.01. The van der Waals surface area contributed by atoms with Crippen molar-refractivity contribution in [3.8, 4) is 0 Å². The molecule has 0 aromatic carbocycles. The van der Waals surface area contributed by atoms with Crippen LogP contribution < -0.4 is 16.4 Å². The van der Waals surface area contributed by atoms with Gasteiger partial charge in [0.05, 0.1) is 13.2 Å². The number of carbonyl (C=O) groups is 2. The highest BCUT2D eigenvalue weighted by Crippen LogP contribution is 2.17. The molecule has 0 aromatic rings. The van der Waals surface area contributed by atoms with Crippen LogP contribution in [0.3, 0.4) is 0 Å². The Bertz CT molecular complexity index is 489. The average Bonchev–Trinajstić information content (AvgIpc) is 2.63. The quantitative estimate of drug-likeness (QED) is 0.297. The van der Waals surface area contributed by atoms with Crippen molar-refractivity contribution < 1.29 is 14.3 Å². The number of ether oxygens (including phenoxy) is 1. The molecule has 8 nitrogen and oxygen atoms in total. The number of halogens is 1. The van der Waals surface area contributed by atoms with Gasteiger partial charge in [0.1, 0.15) is 0 Å². The molecule has 0 bridgehead atoms. The summed E-state index contributed by atoms with van der Waals surface area (Å²) in [6.45, 7) is 3.88. The predicted molar refractivity (Wildman–Crippen MR) is 116 cm³/mol. The Morgan fingerprint density at radius 3 is 2.33 bits per heavy atom. The molecule has 0 unspecified atom stereocenters. The minimum Gasteiger partial charge on any atom is -0.450 e. The van der Waals surface area contributed by atoms with E-state index in [2.05, 4.69) is 15.6 Å². The van der Waals surface area contributed by atoms with Crippen molar-refractivity contribution in [2.24, 2.45) is 10.7 Å². The SMILES string of the molecule is CCOC(=O)N1CCC(NC(N)=NCCC(=O)NC2CCCCC2)CC1.I. The van der Waals surface area contributed by atoms with Crippen LogP contribution in [0.2, 0.25) is 0 Å². The number of nitrogens with zero attached hydrogens (tertiary/aromatic N) is 2. The van der Waals surface area contributed by atoms with E-state index in [0.29, 0.717) is 44.7 Å². The van der Waals surface area contributed by atoms with E-state index in [1.807, 2.05) is 0 Å². The summed E-state index contributed by atoms with van der Waals surface area (Å²) in [6, 6.07) is 0.528. The molecule has 2 rings (SSSR count). The number of piperidine rings is 1. The van der Waals surface area contributed by atoms with Gasteiger partial charge in [0.15, 0.2) is 5.96 Å². The molecule has 4 N–H and O–H groups in total. The topological polar surface area (TPSA) is 109 Å². The Hall–Kier alpha value is -1.26. The van der Waals surface area contributed by atoms with Crippen molar-refractivity contribution in [2.45, 2.75) is 70.4 Å². The number of nitrogens with two attached hydrogens (primary N) is 1. The first-order valence-electron chi connectivity index (χ1n) is 9.86. The second kappa shape index (κ2) is 13.0. The summed E-state index contributed by atoms with van der Waals surface area (Å²) in [5.74, 6) is 0.418. The Labute approximate surface area is 179 Å². The zero-order valence-corrected chi connectivity index (χ0v) is 18.6. The minimum atomic E-state index is -0.253. The molecule has 1 saturated carbocycles. The molecule has 1 heterocycles. The molecule has 0 radical (unpaired) electrons. The number of likely N-dealkylation sites (tertiary alicyclic amines) is 1. The van der Waals surface area contributed by atoms with E-state index in [1.165, 1.54) is 19.3 Å². The highest BCUT2D eigenvalue weighted by atomic mass is 127. The lowest BCUT2D eigenvalue weighted by Gasteiger charge is -2.31. The van der Waals surface area contributed by atoms with E-state index >= 15 is 0 Å². The van der Waals surface area contributed by atoms with E-state index in [1.54, 1.807) is 11.8 Å². The number of amides is 2. The first-order chi connectivity index (χ1) is 12.6. The number of hydrogen-bond donors (Lipinski definition) is 3. The smallest absolute Gasteiger partial charge is 0.409 e. The summed E-state index contributed by atoms with van der Waals surface area (Å²) in [5, 5.41) is 6.26. The third-order valence-electron chi connectivity index (χ3n) is 4.96. The Morgan fingerprint density at radius 1 is 1.07 bits per heavy atom. The van der Waals surface area contributed by atoms with Gasteiger partial charge in [0.25, 0.3) is 0 Å². The van der Waals surface area contributed by atoms with Gasteiger partial charge in [-0.3, -0.25) is 9.79 Å². The van der Waals surface area contributed by atoms with Crippen LogP contribution in [0.15, 0.2) is 4.99 Å². The number of hydrogen-bond acceptors (Lipinski definition) is 4. The summed E-state index contributed by atoms with van der Waals surface area (Å²) in [6.07, 6.45) is 7.57. The number of aliphatic imine (C=N–C) groups is 1. The second-order valence-corrected chi connectivity index (χ2v) is 7.02. The van der Waals surface area contributed by atoms with Crippen LogP contribution in [0.1, 0.15) is 58.3 Å². The first-order valence-corrected chi connectivity index (χ1v) is 9.86. The van der Waals surface area contributed by atoms with E-state index in [4.69, 9.17) is 10.5 Å². The number of rotatable bonds is 6. The summed E-state index contributed by atoms with van der Waals surface area (Å²) in [7, 11) is 0. The van der Waals surface area contributed by atoms with Crippen molar-refractivity contribution in [3.63, 3.8) is 0 Å². The molecule has 156 valence electrons. The van der Waals surface area contributed by atoms with E-state index in [-0.39, 0.29) is 42.0 Å². The largest absolute Gasteiger partial charge is 0.450 e. The number of carbonyl (C=O) groups excluding carboxylic acids is 2. The molecule has 2 amide bonds. The van der Waals surface area contributed by atoms with E-state index < -0.39 is 0 Å². The maximum absolute atomic E-state index is 11.9. The summed E-state index contributed by atoms with van der Waals surface area (Å²) in [5.41, 5.74) is 5.92. The molecule has 1 aliphatic heterocycles. The van der Waals surface area contributed by atoms with Crippen LogP contribution in [0.25, 0.3) is 0 Å². The molecular formula is C18H34IN5O3. The van der Waals surface area contributed by atoms with Crippen molar-refractivity contribution in [2.75, 3.05) is 26.2 Å². The van der Waals surface area contributed by atoms with Gasteiger partial charge in [-0.05, 0) is 32.6 Å². The molecule has 9 heteroatoms. The lowest BCUT2D eigenvalue weighted by Crippen LogP contribution is -2.48. The van der Waals surface area contributed by atoms with Crippen molar-refractivity contribution in [3.05, 3.63) is 0 Å². The van der Waals surface area contributed by atoms with Crippen molar-refractivity contribution in [1.29, 1.82) is 0 Å². The van der Waals surface area contributed by atoms with Gasteiger partial charge in [0.2, 0.25) is 5.91 Å². The van der Waals surface area contributed by atoms with Gasteiger partial charge in [0, 0.05) is 31.6 Å². The molecule has 0 spiro atoms. The van der Waals surface area contributed by atoms with Gasteiger partial charge < -0.3 is 26.0 Å². The number of guanidine groups is 1. The minimum absolute atomic E-state index is 0. The zero-order chi connectivity index (χ0) is 18.8. The monoisotopic (exact) mass is 495 g/mol. The molecule has 2 fully saturated rings. The zero-order valence-electron chi connectivity index (χ0n) is 16.2. The van der Waals surface area contributed by atoms with Gasteiger partial charge in [-0.15, -0.1) is 24.0 Å². The summed E-state index contributed by atoms with van der Waals surface area (Å²) >= 11 is 0. The lowest BCUT2D eigenvalue weighted by atomic mass is 9.95. The molecule has 2 aliphatic rings. The van der Waals surface area contributed by atoms with Crippen molar-refractivity contribution in [1.82, 2.24) is 15.5 Å². The third-order valence-corrected chi connectivity index (χ3v) is 4.96. The normalized spacial score (nSPS) is 19.1. The highest BCUT2D eigenvalue weighted by molar-refractivity contribution is 14.0. The number of nitrogens with one attached hydrogen (secondary N) is 2. The molecule has 1 aliphatic carbocycles. The Morgan fingerprint density at radius 2 is 1.70 bits per heavy atom. The van der Waals surface area contributed by atoms with Crippen LogP contribution in [0.5, 0.6) is 0 Å². The second-order valence-electron chi connectivity index (χ2n) is 7.02. The first kappa shape index (κ1) is 23.8. The molecule has 27 heavy (non-hydrogen) atoms. The standard InChI is InChI=1S/C18H33N5O3.HI/c1-2-26-18(25)23-12-9-15(10-13-23)22-17(19)20-11-8-16(24)21-14-6-4-3-5-7-14;/h14-15H,2-13H2,1H3,(H,21,24)(H3,19,20,22);1H.